The number of hydrogen-bond acceptors (Lipinski definition) is 4. The lowest BCUT2D eigenvalue weighted by Crippen LogP contribution is -2.27. The molecule has 0 fully saturated rings. The molecule has 1 N–H and O–H groups in total. The lowest BCUT2D eigenvalue weighted by atomic mass is 10.1. The van der Waals surface area contributed by atoms with Crippen molar-refractivity contribution in [3.05, 3.63) is 41.1 Å². The van der Waals surface area contributed by atoms with Crippen molar-refractivity contribution >= 4 is 11.8 Å². The summed E-state index contributed by atoms with van der Waals surface area (Å²) in [5.41, 5.74) is 2.85. The molecule has 0 amide bonds. The van der Waals surface area contributed by atoms with Crippen molar-refractivity contribution in [1.29, 1.82) is 0 Å². The number of anilines is 1. The largest absolute Gasteiger partial charge is 0.477 e. The molecule has 0 spiro atoms. The Hall–Kier alpha value is -2.43. The van der Waals surface area contributed by atoms with Gasteiger partial charge in [0, 0.05) is 18.7 Å². The van der Waals surface area contributed by atoms with E-state index in [1.807, 2.05) is 56.9 Å². The number of aromatic carboxylic acids is 1. The van der Waals surface area contributed by atoms with Crippen LogP contribution in [-0.2, 0) is 6.42 Å². The fraction of sp³-hybridized carbons (Fsp3) is 0.389. The average Bonchev–Trinajstić information content (AvgIpc) is 2.55. The first-order chi connectivity index (χ1) is 11.0. The van der Waals surface area contributed by atoms with Crippen LogP contribution in [0.4, 0.5) is 5.82 Å². The normalized spacial score (nSPS) is 10.6. The van der Waals surface area contributed by atoms with E-state index >= 15 is 0 Å². The fourth-order valence-electron chi connectivity index (χ4n) is 2.55. The second kappa shape index (κ2) is 7.22. The lowest BCUT2D eigenvalue weighted by molar-refractivity contribution is 0.0695. The molecule has 0 aliphatic carbocycles. The highest BCUT2D eigenvalue weighted by Gasteiger charge is 2.22. The van der Waals surface area contributed by atoms with Gasteiger partial charge >= 0.3 is 5.97 Å². The van der Waals surface area contributed by atoms with Crippen LogP contribution >= 0.6 is 0 Å². The molecule has 0 saturated carbocycles. The number of hydrogen-bond donors (Lipinski definition) is 1. The van der Waals surface area contributed by atoms with Crippen molar-refractivity contribution in [3.8, 4) is 11.4 Å². The molecule has 0 radical (unpaired) electrons. The van der Waals surface area contributed by atoms with E-state index in [9.17, 15) is 9.90 Å². The Kier molecular flexibility index (Phi) is 5.32. The summed E-state index contributed by atoms with van der Waals surface area (Å²) in [7, 11) is 0. The third-order valence-corrected chi connectivity index (χ3v) is 3.89. The van der Waals surface area contributed by atoms with E-state index in [-0.39, 0.29) is 5.56 Å². The first kappa shape index (κ1) is 16.9. The van der Waals surface area contributed by atoms with E-state index in [1.165, 1.54) is 0 Å². The molecular formula is C18H23N3O2. The summed E-state index contributed by atoms with van der Waals surface area (Å²) in [6.45, 7) is 9.33. The molecule has 2 rings (SSSR count). The summed E-state index contributed by atoms with van der Waals surface area (Å²) in [4.78, 5) is 22.8. The maximum Gasteiger partial charge on any atom is 0.341 e. The number of rotatable bonds is 6. The van der Waals surface area contributed by atoms with Gasteiger partial charge in [-0.1, -0.05) is 36.8 Å². The van der Waals surface area contributed by atoms with Crippen molar-refractivity contribution in [3.63, 3.8) is 0 Å². The van der Waals surface area contributed by atoms with Crippen LogP contribution in [-0.4, -0.2) is 34.1 Å². The summed E-state index contributed by atoms with van der Waals surface area (Å²) in [6.07, 6.45) is 0.553. The van der Waals surface area contributed by atoms with Gasteiger partial charge in [0.15, 0.2) is 5.82 Å². The Labute approximate surface area is 137 Å². The molecule has 122 valence electrons. The number of carboxylic acid groups (broad SMARTS) is 1. The van der Waals surface area contributed by atoms with Crippen LogP contribution in [0.3, 0.4) is 0 Å². The predicted octanol–water partition coefficient (Wildman–Crippen LogP) is 3.56. The predicted molar refractivity (Wildman–Crippen MR) is 92.1 cm³/mol. The highest BCUT2D eigenvalue weighted by molar-refractivity contribution is 5.95. The number of nitrogens with zero attached hydrogens (tertiary/aromatic N) is 3. The molecule has 2 aromatic rings. The van der Waals surface area contributed by atoms with Gasteiger partial charge in [0.1, 0.15) is 11.4 Å². The van der Waals surface area contributed by atoms with Gasteiger partial charge < -0.3 is 10.0 Å². The molecule has 1 heterocycles. The Morgan fingerprint density at radius 3 is 2.17 bits per heavy atom. The van der Waals surface area contributed by atoms with Crippen LogP contribution in [0.2, 0.25) is 0 Å². The summed E-state index contributed by atoms with van der Waals surface area (Å²) in [5.74, 6) is 0.109. The number of carboxylic acids is 1. The Morgan fingerprint density at radius 1 is 1.09 bits per heavy atom. The van der Waals surface area contributed by atoms with Crippen molar-refractivity contribution in [1.82, 2.24) is 9.97 Å². The monoisotopic (exact) mass is 313 g/mol. The second-order valence-electron chi connectivity index (χ2n) is 5.39. The highest BCUT2D eigenvalue weighted by Crippen LogP contribution is 2.26. The van der Waals surface area contributed by atoms with Crippen LogP contribution < -0.4 is 4.90 Å². The van der Waals surface area contributed by atoms with Gasteiger partial charge in [-0.3, -0.25) is 0 Å². The molecular weight excluding hydrogens is 290 g/mol. The molecule has 0 atom stereocenters. The van der Waals surface area contributed by atoms with E-state index in [0.717, 1.165) is 11.1 Å². The van der Waals surface area contributed by atoms with Crippen molar-refractivity contribution in [2.45, 2.75) is 34.1 Å². The van der Waals surface area contributed by atoms with Crippen LogP contribution in [0.5, 0.6) is 0 Å². The molecule has 0 unspecified atom stereocenters. The summed E-state index contributed by atoms with van der Waals surface area (Å²) in [5, 5.41) is 9.61. The number of carbonyl (C=O) groups is 1. The van der Waals surface area contributed by atoms with Crippen LogP contribution in [0.15, 0.2) is 24.3 Å². The van der Waals surface area contributed by atoms with Crippen LogP contribution in [0.25, 0.3) is 11.4 Å². The Morgan fingerprint density at radius 2 is 1.70 bits per heavy atom. The van der Waals surface area contributed by atoms with E-state index in [1.54, 1.807) is 0 Å². The zero-order valence-corrected chi connectivity index (χ0v) is 14.1. The molecule has 1 aromatic heterocycles. The molecule has 0 aliphatic heterocycles. The minimum absolute atomic E-state index is 0.215. The summed E-state index contributed by atoms with van der Waals surface area (Å²) >= 11 is 0. The Balaban J connectivity index is 2.68. The third-order valence-electron chi connectivity index (χ3n) is 3.89. The maximum absolute atomic E-state index is 11.7. The zero-order chi connectivity index (χ0) is 17.0. The average molecular weight is 313 g/mol. The third kappa shape index (κ3) is 3.50. The van der Waals surface area contributed by atoms with E-state index in [0.29, 0.717) is 36.8 Å². The first-order valence-corrected chi connectivity index (χ1v) is 7.97. The van der Waals surface area contributed by atoms with Gasteiger partial charge in [0.25, 0.3) is 0 Å². The van der Waals surface area contributed by atoms with Crippen LogP contribution in [0, 0.1) is 6.92 Å². The molecule has 0 bridgehead atoms. The van der Waals surface area contributed by atoms with E-state index < -0.39 is 5.97 Å². The Bertz CT molecular complexity index is 692. The minimum atomic E-state index is -0.973. The van der Waals surface area contributed by atoms with Crippen LogP contribution in [0.1, 0.15) is 42.4 Å². The standard InChI is InChI=1S/C18H23N3O2/c1-5-14-15(18(22)23)17(21(6-2)7-3)20-16(19-14)13-10-8-12(4)9-11-13/h8-11H,5-7H2,1-4H3,(H,22,23). The van der Waals surface area contributed by atoms with E-state index in [4.69, 9.17) is 0 Å². The summed E-state index contributed by atoms with van der Waals surface area (Å²) in [6, 6.07) is 7.95. The molecule has 0 aliphatic rings. The first-order valence-electron chi connectivity index (χ1n) is 7.97. The maximum atomic E-state index is 11.7. The van der Waals surface area contributed by atoms with Crippen molar-refractivity contribution < 1.29 is 9.90 Å². The van der Waals surface area contributed by atoms with Gasteiger partial charge in [0.05, 0.1) is 5.69 Å². The van der Waals surface area contributed by atoms with Gasteiger partial charge in [-0.05, 0) is 27.2 Å². The fourth-order valence-corrected chi connectivity index (χ4v) is 2.55. The van der Waals surface area contributed by atoms with Gasteiger partial charge in [-0.2, -0.15) is 0 Å². The van der Waals surface area contributed by atoms with Gasteiger partial charge in [-0.15, -0.1) is 0 Å². The topological polar surface area (TPSA) is 66.3 Å². The van der Waals surface area contributed by atoms with Gasteiger partial charge in [-0.25, -0.2) is 14.8 Å². The number of aromatic nitrogens is 2. The number of aryl methyl sites for hydroxylation is 2. The molecule has 0 saturated heterocycles. The van der Waals surface area contributed by atoms with Crippen molar-refractivity contribution in [2.24, 2.45) is 0 Å². The highest BCUT2D eigenvalue weighted by atomic mass is 16.4. The zero-order valence-electron chi connectivity index (χ0n) is 14.1. The minimum Gasteiger partial charge on any atom is -0.477 e. The SMILES string of the molecule is CCc1nc(-c2ccc(C)cc2)nc(N(CC)CC)c1C(=O)O. The lowest BCUT2D eigenvalue weighted by Gasteiger charge is -2.23. The number of benzene rings is 1. The second-order valence-corrected chi connectivity index (χ2v) is 5.39. The van der Waals surface area contributed by atoms with Crippen molar-refractivity contribution in [2.75, 3.05) is 18.0 Å². The molecule has 1 aromatic carbocycles. The molecule has 5 nitrogen and oxygen atoms in total. The quantitative estimate of drug-likeness (QED) is 0.883. The summed E-state index contributed by atoms with van der Waals surface area (Å²) < 4.78 is 0. The van der Waals surface area contributed by atoms with E-state index in [2.05, 4.69) is 9.97 Å². The van der Waals surface area contributed by atoms with Gasteiger partial charge in [0.2, 0.25) is 0 Å². The molecule has 23 heavy (non-hydrogen) atoms. The molecule has 5 heteroatoms. The smallest absolute Gasteiger partial charge is 0.341 e.